The number of hydrogen-bond acceptors (Lipinski definition) is 4. The third-order valence-corrected chi connectivity index (χ3v) is 8.95. The molecule has 2 fully saturated rings. The molecule has 0 aliphatic carbocycles. The molecular weight excluding hydrogens is 458 g/mol. The first-order valence-electron chi connectivity index (χ1n) is 11.7. The summed E-state index contributed by atoms with van der Waals surface area (Å²) < 4.78 is 27.9. The van der Waals surface area contributed by atoms with Gasteiger partial charge in [-0.25, -0.2) is 8.42 Å². The molecule has 33 heavy (non-hydrogen) atoms. The number of sulfonamides is 1. The summed E-state index contributed by atoms with van der Waals surface area (Å²) >= 11 is 5.96. The van der Waals surface area contributed by atoms with E-state index < -0.39 is 10.0 Å². The first kappa shape index (κ1) is 24.2. The van der Waals surface area contributed by atoms with E-state index in [0.717, 1.165) is 56.8 Å². The lowest BCUT2D eigenvalue weighted by molar-refractivity contribution is 0.0908. The Balaban J connectivity index is 1.34. The van der Waals surface area contributed by atoms with Gasteiger partial charge in [0.15, 0.2) is 0 Å². The Labute approximate surface area is 202 Å². The second-order valence-corrected chi connectivity index (χ2v) is 11.5. The fourth-order valence-electron chi connectivity index (χ4n) is 4.71. The molecule has 2 aliphatic heterocycles. The van der Waals surface area contributed by atoms with Gasteiger partial charge in [0, 0.05) is 48.8 Å². The Morgan fingerprint density at radius 2 is 1.76 bits per heavy atom. The molecule has 6 nitrogen and oxygen atoms in total. The molecule has 0 saturated carbocycles. The van der Waals surface area contributed by atoms with E-state index in [4.69, 9.17) is 11.6 Å². The molecule has 2 aromatic carbocycles. The van der Waals surface area contributed by atoms with Crippen LogP contribution in [-0.2, 0) is 16.6 Å². The van der Waals surface area contributed by atoms with Crippen LogP contribution in [0.3, 0.4) is 0 Å². The summed E-state index contributed by atoms with van der Waals surface area (Å²) in [6.45, 7) is 5.15. The second kappa shape index (κ2) is 10.6. The van der Waals surface area contributed by atoms with E-state index in [1.165, 1.54) is 11.6 Å². The fourth-order valence-corrected chi connectivity index (χ4v) is 6.59. The summed E-state index contributed by atoms with van der Waals surface area (Å²) in [5, 5.41) is 3.84. The number of carbonyl (C=O) groups excluding carboxylic acids is 1. The van der Waals surface area contributed by atoms with Crippen molar-refractivity contribution < 1.29 is 13.2 Å². The van der Waals surface area contributed by atoms with Crippen molar-refractivity contribution in [3.05, 3.63) is 64.7 Å². The van der Waals surface area contributed by atoms with Crippen LogP contribution in [0.5, 0.6) is 0 Å². The molecule has 1 N–H and O–H groups in total. The normalized spacial score (nSPS) is 21.1. The van der Waals surface area contributed by atoms with Gasteiger partial charge in [0.1, 0.15) is 0 Å². The molecule has 1 atom stereocenters. The number of nitrogens with one attached hydrogen (secondary N) is 1. The van der Waals surface area contributed by atoms with Crippen LogP contribution < -0.4 is 5.32 Å². The molecule has 1 unspecified atom stereocenters. The zero-order valence-electron chi connectivity index (χ0n) is 19.0. The summed E-state index contributed by atoms with van der Waals surface area (Å²) in [6.07, 6.45) is 4.52. The number of amides is 1. The smallest absolute Gasteiger partial charge is 0.251 e. The average molecular weight is 490 g/mol. The van der Waals surface area contributed by atoms with Gasteiger partial charge in [0.25, 0.3) is 5.91 Å². The maximum absolute atomic E-state index is 13.1. The highest BCUT2D eigenvalue weighted by molar-refractivity contribution is 7.89. The highest BCUT2D eigenvalue weighted by Crippen LogP contribution is 2.25. The van der Waals surface area contributed by atoms with Crippen molar-refractivity contribution in [2.45, 2.75) is 62.6 Å². The quantitative estimate of drug-likeness (QED) is 0.656. The molecule has 0 aromatic heterocycles. The zero-order valence-corrected chi connectivity index (χ0v) is 20.6. The van der Waals surface area contributed by atoms with Gasteiger partial charge in [-0.2, -0.15) is 4.31 Å². The number of nitrogens with zero attached hydrogens (tertiary/aromatic N) is 2. The van der Waals surface area contributed by atoms with Crippen molar-refractivity contribution in [1.82, 2.24) is 14.5 Å². The Morgan fingerprint density at radius 1 is 1.03 bits per heavy atom. The van der Waals surface area contributed by atoms with Gasteiger partial charge in [0.2, 0.25) is 10.0 Å². The summed E-state index contributed by atoms with van der Waals surface area (Å²) in [7, 11) is -3.60. The van der Waals surface area contributed by atoms with Crippen molar-refractivity contribution in [1.29, 1.82) is 0 Å². The molecule has 0 spiro atoms. The van der Waals surface area contributed by atoms with Crippen LogP contribution in [0.4, 0.5) is 0 Å². The molecule has 2 saturated heterocycles. The van der Waals surface area contributed by atoms with E-state index in [1.54, 1.807) is 22.5 Å². The van der Waals surface area contributed by atoms with Gasteiger partial charge in [0.05, 0.1) is 4.90 Å². The number of halogens is 1. The number of hydrogen-bond donors (Lipinski definition) is 1. The van der Waals surface area contributed by atoms with E-state index in [9.17, 15) is 13.2 Å². The number of carbonyl (C=O) groups is 1. The van der Waals surface area contributed by atoms with Crippen LogP contribution in [0, 0.1) is 0 Å². The van der Waals surface area contributed by atoms with E-state index in [0.29, 0.717) is 12.1 Å². The summed E-state index contributed by atoms with van der Waals surface area (Å²) in [4.78, 5) is 15.5. The molecule has 0 bridgehead atoms. The van der Waals surface area contributed by atoms with E-state index in [2.05, 4.69) is 10.2 Å². The SMILES string of the molecule is CC1CCCCN1S(=O)(=O)c1cccc(C(=O)NC2CCN(Cc3ccc(Cl)cc3)CC2)c1. The first-order chi connectivity index (χ1) is 15.8. The minimum absolute atomic E-state index is 0.0145. The van der Waals surface area contributed by atoms with Gasteiger partial charge in [-0.15, -0.1) is 0 Å². The van der Waals surface area contributed by atoms with Gasteiger partial charge in [-0.3, -0.25) is 9.69 Å². The second-order valence-electron chi connectivity index (χ2n) is 9.14. The first-order valence-corrected chi connectivity index (χ1v) is 13.5. The Kier molecular flexibility index (Phi) is 7.74. The lowest BCUT2D eigenvalue weighted by Gasteiger charge is -2.33. The summed E-state index contributed by atoms with van der Waals surface area (Å²) in [5.74, 6) is -0.213. The number of rotatable bonds is 6. The summed E-state index contributed by atoms with van der Waals surface area (Å²) in [6, 6.07) is 14.4. The Hall–Kier alpha value is -1.93. The van der Waals surface area contributed by atoms with Crippen molar-refractivity contribution in [3.8, 4) is 0 Å². The van der Waals surface area contributed by atoms with Crippen LogP contribution in [-0.4, -0.2) is 55.2 Å². The van der Waals surface area contributed by atoms with Crippen LogP contribution in [0.25, 0.3) is 0 Å². The molecule has 2 aliphatic rings. The van der Waals surface area contributed by atoms with Crippen molar-refractivity contribution >= 4 is 27.5 Å². The minimum Gasteiger partial charge on any atom is -0.349 e. The highest BCUT2D eigenvalue weighted by Gasteiger charge is 2.31. The predicted octanol–water partition coefficient (Wildman–Crippen LogP) is 4.30. The molecule has 8 heteroatoms. The predicted molar refractivity (Wildman–Crippen MR) is 131 cm³/mol. The lowest BCUT2D eigenvalue weighted by atomic mass is 10.0. The molecule has 2 heterocycles. The van der Waals surface area contributed by atoms with E-state index in [1.807, 2.05) is 31.2 Å². The van der Waals surface area contributed by atoms with Crippen LogP contribution in [0.2, 0.25) is 5.02 Å². The maximum Gasteiger partial charge on any atom is 0.251 e. The van der Waals surface area contributed by atoms with Crippen LogP contribution >= 0.6 is 11.6 Å². The van der Waals surface area contributed by atoms with E-state index >= 15 is 0 Å². The van der Waals surface area contributed by atoms with Crippen molar-refractivity contribution in [3.63, 3.8) is 0 Å². The third kappa shape index (κ3) is 5.96. The third-order valence-electron chi connectivity index (χ3n) is 6.69. The molecule has 2 aromatic rings. The number of piperidine rings is 2. The molecule has 178 valence electrons. The lowest BCUT2D eigenvalue weighted by Crippen LogP contribution is -2.44. The standard InChI is InChI=1S/C25H32ClN3O3S/c1-19-5-2-3-14-29(19)33(31,32)24-7-4-6-21(17-24)25(30)27-23-12-15-28(16-13-23)18-20-8-10-22(26)11-9-20/h4,6-11,17,19,23H,2-3,5,12-16,18H2,1H3,(H,27,30). The van der Waals surface area contributed by atoms with Crippen LogP contribution in [0.1, 0.15) is 54.9 Å². The summed E-state index contributed by atoms with van der Waals surface area (Å²) in [5.41, 5.74) is 1.62. The molecule has 4 rings (SSSR count). The fraction of sp³-hybridized carbons (Fsp3) is 0.480. The highest BCUT2D eigenvalue weighted by atomic mass is 35.5. The zero-order chi connectivity index (χ0) is 23.4. The van der Waals surface area contributed by atoms with E-state index in [-0.39, 0.29) is 22.9 Å². The van der Waals surface area contributed by atoms with Gasteiger partial charge >= 0.3 is 0 Å². The van der Waals surface area contributed by atoms with Gasteiger partial charge in [-0.1, -0.05) is 36.2 Å². The Bertz CT molecular complexity index is 1070. The average Bonchev–Trinajstić information content (AvgIpc) is 2.82. The largest absolute Gasteiger partial charge is 0.349 e. The van der Waals surface area contributed by atoms with Gasteiger partial charge < -0.3 is 5.32 Å². The van der Waals surface area contributed by atoms with Gasteiger partial charge in [-0.05, 0) is 68.5 Å². The topological polar surface area (TPSA) is 69.7 Å². The Morgan fingerprint density at radius 3 is 2.45 bits per heavy atom. The maximum atomic E-state index is 13.1. The molecule has 0 radical (unpaired) electrons. The number of likely N-dealkylation sites (tertiary alicyclic amines) is 1. The molecular formula is C25H32ClN3O3S. The van der Waals surface area contributed by atoms with Crippen LogP contribution in [0.15, 0.2) is 53.4 Å². The van der Waals surface area contributed by atoms with Crippen molar-refractivity contribution in [2.24, 2.45) is 0 Å². The number of benzene rings is 2. The monoisotopic (exact) mass is 489 g/mol. The molecule has 1 amide bonds. The minimum atomic E-state index is -3.60. The van der Waals surface area contributed by atoms with Crippen molar-refractivity contribution in [2.75, 3.05) is 19.6 Å².